The van der Waals surface area contributed by atoms with Gasteiger partial charge in [0, 0.05) is 17.4 Å². The Morgan fingerprint density at radius 1 is 1.10 bits per heavy atom. The molecular formula is C25H32N4O2. The monoisotopic (exact) mass is 420 g/mol. The maximum absolute atomic E-state index is 11.9. The molecule has 0 radical (unpaired) electrons. The van der Waals surface area contributed by atoms with Crippen molar-refractivity contribution in [1.29, 1.82) is 0 Å². The van der Waals surface area contributed by atoms with Crippen LogP contribution in [0.25, 0.3) is 11.2 Å². The number of nitrogens with zero attached hydrogens (tertiary/aromatic N) is 3. The van der Waals surface area contributed by atoms with Crippen molar-refractivity contribution < 1.29 is 9.53 Å². The SMILES string of the molecule is CCOC(=O)[C@H]1CC[C@H](Nc2ccc(Cn3c(C)nc4c(C)cc(C)nc43)cc2)CC1. The van der Waals surface area contributed by atoms with Crippen LogP contribution < -0.4 is 5.32 Å². The van der Waals surface area contributed by atoms with Gasteiger partial charge in [-0.1, -0.05) is 12.1 Å². The Bertz CT molecular complexity index is 1060. The van der Waals surface area contributed by atoms with Gasteiger partial charge in [-0.15, -0.1) is 0 Å². The first kappa shape index (κ1) is 21.3. The number of carbonyl (C=O) groups excluding carboxylic acids is 1. The van der Waals surface area contributed by atoms with Crippen molar-refractivity contribution in [3.05, 3.63) is 53.0 Å². The molecule has 1 aliphatic rings. The van der Waals surface area contributed by atoms with Crippen molar-refractivity contribution in [2.45, 2.75) is 66.0 Å². The second-order valence-corrected chi connectivity index (χ2v) is 8.64. The number of ether oxygens (including phenoxy) is 1. The number of aryl methyl sites for hydroxylation is 3. The molecule has 31 heavy (non-hydrogen) atoms. The molecule has 1 aromatic carbocycles. The predicted octanol–water partition coefficient (Wildman–Crippen LogP) is 4.94. The summed E-state index contributed by atoms with van der Waals surface area (Å²) in [5.74, 6) is 1.01. The molecule has 2 aromatic heterocycles. The molecule has 2 heterocycles. The Balaban J connectivity index is 1.39. The predicted molar refractivity (Wildman–Crippen MR) is 123 cm³/mol. The van der Waals surface area contributed by atoms with Crippen LogP contribution in [0.15, 0.2) is 30.3 Å². The fourth-order valence-corrected chi connectivity index (χ4v) is 4.56. The minimum Gasteiger partial charge on any atom is -0.466 e. The van der Waals surface area contributed by atoms with E-state index in [0.29, 0.717) is 12.6 Å². The number of fused-ring (bicyclic) bond motifs is 1. The van der Waals surface area contributed by atoms with Gasteiger partial charge in [0.2, 0.25) is 0 Å². The van der Waals surface area contributed by atoms with Gasteiger partial charge in [-0.3, -0.25) is 4.79 Å². The topological polar surface area (TPSA) is 69.0 Å². The summed E-state index contributed by atoms with van der Waals surface area (Å²) in [6.45, 7) is 9.24. The number of imidazole rings is 1. The standard InChI is InChI=1S/C25H32N4O2/c1-5-31-25(30)20-8-12-22(13-9-20)28-21-10-6-19(7-11-21)15-29-18(4)27-23-16(2)14-17(3)26-24(23)29/h6-7,10-11,14,20,22,28H,5,8-9,12-13,15H2,1-4H3/t20-,22-. The van der Waals surface area contributed by atoms with Gasteiger partial charge in [0.1, 0.15) is 11.3 Å². The summed E-state index contributed by atoms with van der Waals surface area (Å²) < 4.78 is 7.36. The van der Waals surface area contributed by atoms with Crippen LogP contribution in [0.1, 0.15) is 55.3 Å². The van der Waals surface area contributed by atoms with E-state index in [0.717, 1.165) is 60.6 Å². The first-order valence-corrected chi connectivity index (χ1v) is 11.3. The number of pyridine rings is 1. The van der Waals surface area contributed by atoms with Crippen molar-refractivity contribution in [3.63, 3.8) is 0 Å². The molecule has 0 aliphatic heterocycles. The lowest BCUT2D eigenvalue weighted by Gasteiger charge is -2.28. The van der Waals surface area contributed by atoms with Crippen molar-refractivity contribution in [3.8, 4) is 0 Å². The number of benzene rings is 1. The van der Waals surface area contributed by atoms with E-state index in [1.165, 1.54) is 11.1 Å². The first-order valence-electron chi connectivity index (χ1n) is 11.3. The van der Waals surface area contributed by atoms with Gasteiger partial charge in [-0.05, 0) is 82.7 Å². The van der Waals surface area contributed by atoms with Crippen molar-refractivity contribution in [2.24, 2.45) is 5.92 Å². The van der Waals surface area contributed by atoms with Crippen LogP contribution in [0.3, 0.4) is 0 Å². The third kappa shape index (κ3) is 4.73. The average Bonchev–Trinajstić information content (AvgIpc) is 3.06. The van der Waals surface area contributed by atoms with Gasteiger partial charge in [0.15, 0.2) is 5.65 Å². The molecule has 164 valence electrons. The fraction of sp³-hybridized carbons (Fsp3) is 0.480. The smallest absolute Gasteiger partial charge is 0.308 e. The molecule has 1 aliphatic carbocycles. The van der Waals surface area contributed by atoms with E-state index in [1.807, 2.05) is 20.8 Å². The molecule has 4 rings (SSSR count). The Labute approximate surface area is 184 Å². The third-order valence-corrected chi connectivity index (χ3v) is 6.23. The summed E-state index contributed by atoms with van der Waals surface area (Å²) in [4.78, 5) is 21.4. The highest BCUT2D eigenvalue weighted by Crippen LogP contribution is 2.28. The van der Waals surface area contributed by atoms with E-state index in [2.05, 4.69) is 47.1 Å². The number of esters is 1. The molecule has 1 N–H and O–H groups in total. The average molecular weight is 421 g/mol. The molecule has 3 aromatic rings. The number of nitrogens with one attached hydrogen (secondary N) is 1. The number of rotatable bonds is 6. The minimum absolute atomic E-state index is 0.0347. The van der Waals surface area contributed by atoms with E-state index in [4.69, 9.17) is 14.7 Å². The summed E-state index contributed by atoms with van der Waals surface area (Å²) in [6.07, 6.45) is 3.78. The van der Waals surface area contributed by atoms with E-state index in [9.17, 15) is 4.79 Å². The summed E-state index contributed by atoms with van der Waals surface area (Å²) >= 11 is 0. The second kappa shape index (κ2) is 9.08. The summed E-state index contributed by atoms with van der Waals surface area (Å²) in [7, 11) is 0. The second-order valence-electron chi connectivity index (χ2n) is 8.64. The normalized spacial score (nSPS) is 18.8. The maximum atomic E-state index is 11.9. The Kier molecular flexibility index (Phi) is 6.25. The van der Waals surface area contributed by atoms with Crippen LogP contribution in [0.5, 0.6) is 0 Å². The van der Waals surface area contributed by atoms with Gasteiger partial charge in [-0.2, -0.15) is 0 Å². The molecule has 0 unspecified atom stereocenters. The number of anilines is 1. The molecule has 0 bridgehead atoms. The number of aromatic nitrogens is 3. The van der Waals surface area contributed by atoms with Crippen LogP contribution in [-0.4, -0.2) is 33.2 Å². The van der Waals surface area contributed by atoms with Crippen LogP contribution >= 0.6 is 0 Å². The van der Waals surface area contributed by atoms with E-state index in [-0.39, 0.29) is 11.9 Å². The van der Waals surface area contributed by atoms with Crippen LogP contribution in [0.2, 0.25) is 0 Å². The summed E-state index contributed by atoms with van der Waals surface area (Å²) in [5, 5.41) is 3.63. The third-order valence-electron chi connectivity index (χ3n) is 6.23. The first-order chi connectivity index (χ1) is 14.9. The molecule has 6 heteroatoms. The highest BCUT2D eigenvalue weighted by atomic mass is 16.5. The number of hydrogen-bond acceptors (Lipinski definition) is 5. The van der Waals surface area contributed by atoms with Crippen molar-refractivity contribution in [2.75, 3.05) is 11.9 Å². The fourth-order valence-electron chi connectivity index (χ4n) is 4.56. The Morgan fingerprint density at radius 3 is 2.48 bits per heavy atom. The van der Waals surface area contributed by atoms with Gasteiger partial charge in [0.25, 0.3) is 0 Å². The molecule has 0 amide bonds. The maximum Gasteiger partial charge on any atom is 0.308 e. The largest absolute Gasteiger partial charge is 0.466 e. The lowest BCUT2D eigenvalue weighted by molar-refractivity contribution is -0.149. The van der Waals surface area contributed by atoms with Gasteiger partial charge in [0.05, 0.1) is 19.1 Å². The highest BCUT2D eigenvalue weighted by Gasteiger charge is 2.27. The molecule has 1 fully saturated rings. The minimum atomic E-state index is -0.0347. The van der Waals surface area contributed by atoms with Gasteiger partial charge < -0.3 is 14.6 Å². The van der Waals surface area contributed by atoms with E-state index < -0.39 is 0 Å². The van der Waals surface area contributed by atoms with Gasteiger partial charge in [-0.25, -0.2) is 9.97 Å². The zero-order valence-electron chi connectivity index (χ0n) is 18.9. The Hall–Kier alpha value is -2.89. The quantitative estimate of drug-likeness (QED) is 0.572. The molecular weight excluding hydrogens is 388 g/mol. The zero-order chi connectivity index (χ0) is 22.0. The number of hydrogen-bond donors (Lipinski definition) is 1. The molecule has 0 spiro atoms. The lowest BCUT2D eigenvalue weighted by atomic mass is 9.86. The van der Waals surface area contributed by atoms with Crippen LogP contribution in [0.4, 0.5) is 5.69 Å². The summed E-state index contributed by atoms with van der Waals surface area (Å²) in [6, 6.07) is 11.1. The highest BCUT2D eigenvalue weighted by molar-refractivity contribution is 5.76. The van der Waals surface area contributed by atoms with Crippen molar-refractivity contribution >= 4 is 22.8 Å². The number of carbonyl (C=O) groups is 1. The molecule has 6 nitrogen and oxygen atoms in total. The van der Waals surface area contributed by atoms with Crippen LogP contribution in [-0.2, 0) is 16.1 Å². The molecule has 0 atom stereocenters. The van der Waals surface area contributed by atoms with Gasteiger partial charge >= 0.3 is 5.97 Å². The summed E-state index contributed by atoms with van der Waals surface area (Å²) in [5.41, 5.74) is 6.47. The Morgan fingerprint density at radius 2 is 1.81 bits per heavy atom. The van der Waals surface area contributed by atoms with Crippen LogP contribution in [0, 0.1) is 26.7 Å². The zero-order valence-corrected chi connectivity index (χ0v) is 18.9. The van der Waals surface area contributed by atoms with Crippen molar-refractivity contribution in [1.82, 2.24) is 14.5 Å². The molecule has 1 saturated carbocycles. The van der Waals surface area contributed by atoms with E-state index >= 15 is 0 Å². The van der Waals surface area contributed by atoms with E-state index in [1.54, 1.807) is 0 Å². The molecule has 0 saturated heterocycles. The lowest BCUT2D eigenvalue weighted by Crippen LogP contribution is -2.30.